The van der Waals surface area contributed by atoms with Crippen molar-refractivity contribution in [1.29, 1.82) is 0 Å². The number of carboxylic acids is 4. The minimum Gasteiger partial charge on any atom is -0.486 e. The third-order valence-electron chi connectivity index (χ3n) is 18.2. The predicted molar refractivity (Wildman–Crippen MR) is 285 cm³/mol. The number of halogens is 2. The fraction of sp³-hybridized carbons (Fsp3) is 0.508. The maximum absolute atomic E-state index is 13.0. The highest BCUT2D eigenvalue weighted by Crippen LogP contribution is 2.69. The molecular formula is C61H72Cl2O10. The average molecular weight is 1040 g/mol. The average Bonchev–Trinajstić information content (AvgIpc) is 3.71. The first-order valence-electron chi connectivity index (χ1n) is 26.5. The molecule has 0 heterocycles. The fourth-order valence-corrected chi connectivity index (χ4v) is 15.1. The molecule has 9 atom stereocenters. The summed E-state index contributed by atoms with van der Waals surface area (Å²) < 4.78 is 12.0. The first-order chi connectivity index (χ1) is 34.8. The highest BCUT2D eigenvalue weighted by atomic mass is 35.5. The number of hydrogen-bond acceptors (Lipinski definition) is 6. The van der Waals surface area contributed by atoms with Crippen molar-refractivity contribution in [2.75, 3.05) is 0 Å². The number of rotatable bonds is 20. The molecule has 4 aromatic carbocycles. The molecule has 390 valence electrons. The molecule has 0 spiro atoms. The summed E-state index contributed by atoms with van der Waals surface area (Å²) in [6, 6.07) is 18.4. The molecule has 0 bridgehead atoms. The van der Waals surface area contributed by atoms with E-state index in [0.717, 1.165) is 48.3 Å². The highest BCUT2D eigenvalue weighted by Gasteiger charge is 2.60. The molecule has 4 fully saturated rings. The third-order valence-corrected chi connectivity index (χ3v) is 18.7. The van der Waals surface area contributed by atoms with Gasteiger partial charge in [-0.2, -0.15) is 0 Å². The highest BCUT2D eigenvalue weighted by molar-refractivity contribution is 6.33. The SMILES string of the molecule is CC(C)CCC[C@@H](C)[C@H]1CC[C@H]2[C@@H]3CCC4CC(CCC=C(c5cc(Cl)c(OCc6cccc(C(=O)O)c6)c(C(=O)O)c5)c5cc(Cl)c(OCc6cccc(C(=O)O)c6)c(C(=O)O)c5)CC[C@]4(C)[C@H]3CC[C@]12C. The molecule has 10 nitrogen and oxygen atoms in total. The second-order valence-electron chi connectivity index (χ2n) is 22.9. The summed E-state index contributed by atoms with van der Waals surface area (Å²) >= 11 is 13.8. The molecule has 0 aromatic heterocycles. The predicted octanol–water partition coefficient (Wildman–Crippen LogP) is 15.9. The van der Waals surface area contributed by atoms with Crippen LogP contribution in [0.15, 0.2) is 78.9 Å². The van der Waals surface area contributed by atoms with Gasteiger partial charge < -0.3 is 29.9 Å². The number of ether oxygens (including phenoxy) is 2. The number of allylic oxidation sites excluding steroid dienone is 1. The zero-order valence-corrected chi connectivity index (χ0v) is 44.4. The van der Waals surface area contributed by atoms with Gasteiger partial charge in [-0.1, -0.05) is 107 Å². The molecule has 4 aliphatic rings. The van der Waals surface area contributed by atoms with E-state index in [0.29, 0.717) is 56.9 Å². The van der Waals surface area contributed by atoms with Crippen LogP contribution >= 0.6 is 23.2 Å². The Labute approximate surface area is 440 Å². The van der Waals surface area contributed by atoms with Crippen LogP contribution in [0.3, 0.4) is 0 Å². The number of fused-ring (bicyclic) bond motifs is 5. The van der Waals surface area contributed by atoms with Crippen molar-refractivity contribution in [3.05, 3.63) is 133 Å². The van der Waals surface area contributed by atoms with E-state index in [9.17, 15) is 39.6 Å². The molecule has 0 radical (unpaired) electrons. The Kier molecular flexibility index (Phi) is 16.7. The third kappa shape index (κ3) is 11.7. The van der Waals surface area contributed by atoms with Crippen LogP contribution in [0.2, 0.25) is 10.0 Å². The normalized spacial score (nSPS) is 25.7. The van der Waals surface area contributed by atoms with Crippen LogP contribution in [0.1, 0.15) is 188 Å². The van der Waals surface area contributed by atoms with E-state index in [4.69, 9.17) is 32.7 Å². The quantitative estimate of drug-likeness (QED) is 0.0669. The zero-order chi connectivity index (χ0) is 52.4. The second-order valence-corrected chi connectivity index (χ2v) is 23.7. The lowest BCUT2D eigenvalue weighted by atomic mass is 9.44. The number of hydrogen-bond donors (Lipinski definition) is 4. The summed E-state index contributed by atoms with van der Waals surface area (Å²) in [4.78, 5) is 49.2. The molecule has 0 aliphatic heterocycles. The van der Waals surface area contributed by atoms with Gasteiger partial charge in [0.05, 0.1) is 21.2 Å². The number of carbonyl (C=O) groups is 4. The lowest BCUT2D eigenvalue weighted by Crippen LogP contribution is -2.53. The van der Waals surface area contributed by atoms with E-state index in [1.165, 1.54) is 107 Å². The minimum absolute atomic E-state index is 0.00207. The first kappa shape index (κ1) is 54.0. The topological polar surface area (TPSA) is 168 Å². The van der Waals surface area contributed by atoms with Crippen molar-refractivity contribution in [2.45, 2.75) is 138 Å². The monoisotopic (exact) mass is 1030 g/mol. The molecule has 2 unspecified atom stereocenters. The van der Waals surface area contributed by atoms with E-state index < -0.39 is 23.9 Å². The summed E-state index contributed by atoms with van der Waals surface area (Å²) in [5.74, 6) is 0.960. The van der Waals surface area contributed by atoms with Crippen LogP contribution in [0.4, 0.5) is 0 Å². The Hall–Kier alpha value is -5.32. The van der Waals surface area contributed by atoms with Crippen molar-refractivity contribution in [3.8, 4) is 11.5 Å². The van der Waals surface area contributed by atoms with Gasteiger partial charge in [-0.15, -0.1) is 0 Å². The van der Waals surface area contributed by atoms with Crippen molar-refractivity contribution in [1.82, 2.24) is 0 Å². The minimum atomic E-state index is -1.31. The second kappa shape index (κ2) is 22.7. The van der Waals surface area contributed by atoms with E-state index in [1.807, 2.05) is 6.08 Å². The van der Waals surface area contributed by atoms with Gasteiger partial charge >= 0.3 is 23.9 Å². The van der Waals surface area contributed by atoms with Crippen molar-refractivity contribution in [2.24, 2.45) is 58.2 Å². The van der Waals surface area contributed by atoms with Crippen LogP contribution in [-0.2, 0) is 13.2 Å². The molecule has 12 heteroatoms. The van der Waals surface area contributed by atoms with Gasteiger partial charge in [-0.25, -0.2) is 19.2 Å². The van der Waals surface area contributed by atoms with Crippen molar-refractivity contribution in [3.63, 3.8) is 0 Å². The summed E-state index contributed by atoms with van der Waals surface area (Å²) in [6.45, 7) is 12.2. The summed E-state index contributed by atoms with van der Waals surface area (Å²) in [7, 11) is 0. The molecule has 73 heavy (non-hydrogen) atoms. The Morgan fingerprint density at radius 3 is 1.73 bits per heavy atom. The molecule has 0 amide bonds. The Bertz CT molecular complexity index is 2610. The smallest absolute Gasteiger partial charge is 0.339 e. The van der Waals surface area contributed by atoms with E-state index in [2.05, 4.69) is 34.6 Å². The van der Waals surface area contributed by atoms with Crippen LogP contribution < -0.4 is 9.47 Å². The summed E-state index contributed by atoms with van der Waals surface area (Å²) in [5.41, 5.74) is 2.80. The van der Waals surface area contributed by atoms with Gasteiger partial charge in [0, 0.05) is 0 Å². The zero-order valence-electron chi connectivity index (χ0n) is 42.9. The van der Waals surface area contributed by atoms with E-state index in [-0.39, 0.29) is 57.0 Å². The molecule has 4 aliphatic carbocycles. The standard InChI is InChI=1S/C61H72Cl2O10/c1-35(2)10-6-11-36(3)49-20-21-50-46-19-18-44-28-37(22-24-60(44,4)51(46)23-25-61(49,50)5)12-9-17-45(42-29-47(58(68)69)54(52(62)31-42)72-33-38-13-7-15-40(26-38)56(64)65)43-30-48(59(70)71)55(53(63)32-43)73-34-39-14-8-16-41(27-39)57(66)67/h7-8,13-17,26-27,29-32,35-37,44,46,49-51H,6,9-12,18-25,28,33-34H2,1-5H3,(H,64,65)(H,66,67)(H,68,69)(H,70,71)/t36-,37?,44?,46+,49-,50+,51+,60+,61-/m1/s1. The van der Waals surface area contributed by atoms with Gasteiger partial charge in [0.1, 0.15) is 24.3 Å². The first-order valence-corrected chi connectivity index (χ1v) is 27.3. The van der Waals surface area contributed by atoms with Crippen LogP contribution in [0.25, 0.3) is 5.57 Å². The van der Waals surface area contributed by atoms with Crippen molar-refractivity contribution >= 4 is 52.7 Å². The number of benzene rings is 4. The van der Waals surface area contributed by atoms with Gasteiger partial charge in [-0.3, -0.25) is 0 Å². The lowest BCUT2D eigenvalue weighted by Gasteiger charge is -2.61. The van der Waals surface area contributed by atoms with E-state index in [1.54, 1.807) is 36.4 Å². The molecule has 4 N–H and O–H groups in total. The van der Waals surface area contributed by atoms with Crippen LogP contribution in [0.5, 0.6) is 11.5 Å². The maximum atomic E-state index is 13.0. The van der Waals surface area contributed by atoms with E-state index >= 15 is 0 Å². The number of aromatic carboxylic acids is 4. The molecular weight excluding hydrogens is 964 g/mol. The lowest BCUT2D eigenvalue weighted by molar-refractivity contribution is -0.121. The number of carboxylic acid groups (broad SMARTS) is 4. The largest absolute Gasteiger partial charge is 0.486 e. The van der Waals surface area contributed by atoms with Gasteiger partial charge in [0.25, 0.3) is 0 Å². The van der Waals surface area contributed by atoms with Crippen LogP contribution in [0, 0.1) is 58.2 Å². The Morgan fingerprint density at radius 2 is 1.19 bits per heavy atom. The molecule has 4 aromatic rings. The van der Waals surface area contributed by atoms with Crippen molar-refractivity contribution < 1.29 is 49.1 Å². The maximum Gasteiger partial charge on any atom is 0.339 e. The van der Waals surface area contributed by atoms with Gasteiger partial charge in [-0.05, 0) is 205 Å². The molecule has 8 rings (SSSR count). The van der Waals surface area contributed by atoms with Crippen LogP contribution in [-0.4, -0.2) is 44.3 Å². The Balaban J connectivity index is 1.04. The van der Waals surface area contributed by atoms with Gasteiger partial charge in [0.15, 0.2) is 11.5 Å². The fourth-order valence-electron chi connectivity index (χ4n) is 14.5. The summed E-state index contributed by atoms with van der Waals surface area (Å²) in [6.07, 6.45) is 19.2. The van der Waals surface area contributed by atoms with Gasteiger partial charge in [0.2, 0.25) is 0 Å². The molecule has 4 saturated carbocycles. The Morgan fingerprint density at radius 1 is 0.644 bits per heavy atom. The molecule has 0 saturated heterocycles. The summed E-state index contributed by atoms with van der Waals surface area (Å²) in [5, 5.41) is 40.1.